The van der Waals surface area contributed by atoms with Gasteiger partial charge in [-0.3, -0.25) is 4.79 Å². The van der Waals surface area contributed by atoms with E-state index in [1.54, 1.807) is 12.1 Å². The first-order valence-electron chi connectivity index (χ1n) is 12.4. The van der Waals surface area contributed by atoms with Crippen LogP contribution in [0.2, 0.25) is 0 Å². The molecule has 1 fully saturated rings. The number of fused-ring (bicyclic) bond motifs is 1. The lowest BCUT2D eigenvalue weighted by Gasteiger charge is -2.26. The van der Waals surface area contributed by atoms with Crippen LogP contribution in [0.5, 0.6) is 0 Å². The van der Waals surface area contributed by atoms with Crippen molar-refractivity contribution >= 4 is 27.0 Å². The van der Waals surface area contributed by atoms with E-state index < -0.39 is 10.0 Å². The second-order valence-corrected chi connectivity index (χ2v) is 10.6. The molecule has 1 aromatic carbocycles. The SMILES string of the molecule is CCCn1c(CCC(=O)NCCN2CCCCC2)nc2cc(S(=O)(=O)N(CC)CC)ccc21. The van der Waals surface area contributed by atoms with Crippen LogP contribution in [0.3, 0.4) is 0 Å². The van der Waals surface area contributed by atoms with Crippen LogP contribution < -0.4 is 5.32 Å². The molecular formula is C24H39N5O3S. The standard InChI is InChI=1S/C24H39N5O3S/c1-4-15-29-22-11-10-20(33(31,32)28(5-2)6-3)19-21(22)26-23(29)12-13-24(30)25-14-18-27-16-8-7-9-17-27/h10-11,19H,4-9,12-18H2,1-3H3,(H,25,30). The monoisotopic (exact) mass is 477 g/mol. The smallest absolute Gasteiger partial charge is 0.243 e. The van der Waals surface area contributed by atoms with Gasteiger partial charge in [0.1, 0.15) is 5.82 Å². The maximum absolute atomic E-state index is 12.9. The number of carbonyl (C=O) groups is 1. The highest BCUT2D eigenvalue weighted by Gasteiger charge is 2.23. The Bertz CT molecular complexity index is 1020. The topological polar surface area (TPSA) is 87.5 Å². The number of aromatic nitrogens is 2. The van der Waals surface area contributed by atoms with Gasteiger partial charge in [-0.2, -0.15) is 4.31 Å². The van der Waals surface area contributed by atoms with E-state index in [1.165, 1.54) is 23.6 Å². The van der Waals surface area contributed by atoms with Gasteiger partial charge < -0.3 is 14.8 Å². The Hall–Kier alpha value is -1.97. The van der Waals surface area contributed by atoms with Gasteiger partial charge in [0.05, 0.1) is 15.9 Å². The first-order valence-corrected chi connectivity index (χ1v) is 13.8. The number of rotatable bonds is 12. The van der Waals surface area contributed by atoms with E-state index in [0.29, 0.717) is 38.0 Å². The number of nitrogens with one attached hydrogen (secondary N) is 1. The summed E-state index contributed by atoms with van der Waals surface area (Å²) in [5.74, 6) is 0.863. The molecule has 184 valence electrons. The van der Waals surface area contributed by atoms with Gasteiger partial charge in [0.25, 0.3) is 0 Å². The largest absolute Gasteiger partial charge is 0.355 e. The molecule has 9 heteroatoms. The van der Waals surface area contributed by atoms with Crippen LogP contribution in [0.25, 0.3) is 11.0 Å². The Morgan fingerprint density at radius 1 is 1.09 bits per heavy atom. The highest BCUT2D eigenvalue weighted by molar-refractivity contribution is 7.89. The highest BCUT2D eigenvalue weighted by atomic mass is 32.2. The number of nitrogens with zero attached hydrogens (tertiary/aromatic N) is 4. The fraction of sp³-hybridized carbons (Fsp3) is 0.667. The predicted octanol–water partition coefficient (Wildman–Crippen LogP) is 3.01. The van der Waals surface area contributed by atoms with E-state index in [4.69, 9.17) is 4.98 Å². The summed E-state index contributed by atoms with van der Waals surface area (Å²) >= 11 is 0. The Labute approximate surface area is 198 Å². The number of sulfonamides is 1. The number of hydrogen-bond donors (Lipinski definition) is 1. The van der Waals surface area contributed by atoms with E-state index in [9.17, 15) is 13.2 Å². The third kappa shape index (κ3) is 6.33. The third-order valence-corrected chi connectivity index (χ3v) is 8.41. The number of imidazole rings is 1. The Morgan fingerprint density at radius 2 is 1.82 bits per heavy atom. The summed E-state index contributed by atoms with van der Waals surface area (Å²) in [4.78, 5) is 19.8. The number of piperidine rings is 1. The van der Waals surface area contributed by atoms with Gasteiger partial charge in [-0.25, -0.2) is 13.4 Å². The summed E-state index contributed by atoms with van der Waals surface area (Å²) in [6.45, 7) is 11.3. The number of amides is 1. The maximum atomic E-state index is 12.9. The average Bonchev–Trinajstić information content (AvgIpc) is 3.16. The van der Waals surface area contributed by atoms with Crippen LogP contribution in [-0.2, 0) is 27.8 Å². The number of aryl methyl sites for hydroxylation is 2. The van der Waals surface area contributed by atoms with Crippen molar-refractivity contribution in [2.45, 2.75) is 70.7 Å². The summed E-state index contributed by atoms with van der Waals surface area (Å²) in [7, 11) is -3.54. The van der Waals surface area contributed by atoms with E-state index >= 15 is 0 Å². The van der Waals surface area contributed by atoms with Crippen LogP contribution in [0, 0.1) is 0 Å². The molecule has 1 amide bonds. The van der Waals surface area contributed by atoms with Crippen molar-refractivity contribution in [3.05, 3.63) is 24.0 Å². The lowest BCUT2D eigenvalue weighted by Crippen LogP contribution is -2.37. The molecule has 2 aromatic rings. The fourth-order valence-electron chi connectivity index (χ4n) is 4.55. The van der Waals surface area contributed by atoms with E-state index in [0.717, 1.165) is 43.9 Å². The zero-order chi connectivity index (χ0) is 23.8. The molecule has 0 atom stereocenters. The highest BCUT2D eigenvalue weighted by Crippen LogP contribution is 2.24. The van der Waals surface area contributed by atoms with Gasteiger partial charge >= 0.3 is 0 Å². The van der Waals surface area contributed by atoms with Crippen LogP contribution >= 0.6 is 0 Å². The Kier molecular flexibility index (Phi) is 9.28. The number of carbonyl (C=O) groups excluding carboxylic acids is 1. The number of likely N-dealkylation sites (tertiary alicyclic amines) is 1. The minimum atomic E-state index is -3.54. The van der Waals surface area contributed by atoms with Crippen molar-refractivity contribution in [1.29, 1.82) is 0 Å². The van der Waals surface area contributed by atoms with E-state index in [1.807, 2.05) is 19.9 Å². The summed E-state index contributed by atoms with van der Waals surface area (Å²) < 4.78 is 29.4. The quantitative estimate of drug-likeness (QED) is 0.508. The molecule has 3 rings (SSSR count). The Balaban J connectivity index is 1.68. The molecule has 0 spiro atoms. The summed E-state index contributed by atoms with van der Waals surface area (Å²) in [5.41, 5.74) is 1.58. The summed E-state index contributed by atoms with van der Waals surface area (Å²) in [6, 6.07) is 5.18. The maximum Gasteiger partial charge on any atom is 0.243 e. The lowest BCUT2D eigenvalue weighted by molar-refractivity contribution is -0.121. The minimum Gasteiger partial charge on any atom is -0.355 e. The third-order valence-electron chi connectivity index (χ3n) is 6.36. The van der Waals surface area contributed by atoms with Gasteiger partial charge in [0, 0.05) is 45.6 Å². The molecule has 0 saturated carbocycles. The number of benzene rings is 1. The van der Waals surface area contributed by atoms with Gasteiger partial charge in [0.2, 0.25) is 15.9 Å². The van der Waals surface area contributed by atoms with Crippen molar-refractivity contribution in [3.8, 4) is 0 Å². The molecule has 0 radical (unpaired) electrons. The molecular weight excluding hydrogens is 438 g/mol. The zero-order valence-corrected chi connectivity index (χ0v) is 21.2. The molecule has 1 N–H and O–H groups in total. The van der Waals surface area contributed by atoms with E-state index in [2.05, 4.69) is 21.7 Å². The normalized spacial score (nSPS) is 15.4. The van der Waals surface area contributed by atoms with Gasteiger partial charge in [-0.05, 0) is 50.6 Å². The molecule has 33 heavy (non-hydrogen) atoms. The van der Waals surface area contributed by atoms with Crippen molar-refractivity contribution < 1.29 is 13.2 Å². The molecule has 0 bridgehead atoms. The van der Waals surface area contributed by atoms with Gasteiger partial charge in [-0.15, -0.1) is 0 Å². The lowest BCUT2D eigenvalue weighted by atomic mass is 10.1. The van der Waals surface area contributed by atoms with Crippen LogP contribution in [0.4, 0.5) is 0 Å². The molecule has 2 heterocycles. The van der Waals surface area contributed by atoms with Gasteiger partial charge in [-0.1, -0.05) is 27.2 Å². The number of hydrogen-bond acceptors (Lipinski definition) is 5. The summed E-state index contributed by atoms with van der Waals surface area (Å²) in [5, 5.41) is 3.04. The molecule has 0 aliphatic carbocycles. The Morgan fingerprint density at radius 3 is 2.48 bits per heavy atom. The molecule has 8 nitrogen and oxygen atoms in total. The van der Waals surface area contributed by atoms with Crippen molar-refractivity contribution in [1.82, 2.24) is 24.1 Å². The van der Waals surface area contributed by atoms with Crippen molar-refractivity contribution in [2.24, 2.45) is 0 Å². The van der Waals surface area contributed by atoms with E-state index in [-0.39, 0.29) is 10.8 Å². The fourth-order valence-corrected chi connectivity index (χ4v) is 6.03. The van der Waals surface area contributed by atoms with Crippen LogP contribution in [-0.4, -0.2) is 72.3 Å². The van der Waals surface area contributed by atoms with Crippen molar-refractivity contribution in [3.63, 3.8) is 0 Å². The summed E-state index contributed by atoms with van der Waals surface area (Å²) in [6.07, 6.45) is 5.64. The molecule has 1 aromatic heterocycles. The minimum absolute atomic E-state index is 0.0342. The van der Waals surface area contributed by atoms with Crippen LogP contribution in [0.1, 0.15) is 58.7 Å². The predicted molar refractivity (Wildman–Crippen MR) is 132 cm³/mol. The average molecular weight is 478 g/mol. The first-order chi connectivity index (χ1) is 15.9. The van der Waals surface area contributed by atoms with Crippen molar-refractivity contribution in [2.75, 3.05) is 39.3 Å². The molecule has 0 unspecified atom stereocenters. The first kappa shape index (κ1) is 25.6. The zero-order valence-electron chi connectivity index (χ0n) is 20.3. The van der Waals surface area contributed by atoms with Gasteiger partial charge in [0.15, 0.2) is 0 Å². The van der Waals surface area contributed by atoms with Crippen LogP contribution in [0.15, 0.2) is 23.1 Å². The second kappa shape index (κ2) is 11.9. The molecule has 1 saturated heterocycles. The molecule has 1 aliphatic rings. The second-order valence-electron chi connectivity index (χ2n) is 8.67. The molecule has 1 aliphatic heterocycles.